The topological polar surface area (TPSA) is 81.5 Å². The summed E-state index contributed by atoms with van der Waals surface area (Å²) in [6.45, 7) is 0.409. The minimum atomic E-state index is -0.548. The molecule has 0 atom stereocenters. The van der Waals surface area contributed by atoms with E-state index in [0.29, 0.717) is 12.1 Å². The highest BCUT2D eigenvalue weighted by molar-refractivity contribution is 7.80. The smallest absolute Gasteiger partial charge is 0.407 e. The molecule has 7 heteroatoms. The van der Waals surface area contributed by atoms with Gasteiger partial charge in [0.2, 0.25) is 0 Å². The first kappa shape index (κ1) is 15.8. The summed E-state index contributed by atoms with van der Waals surface area (Å²) in [6.07, 6.45) is -0.548. The van der Waals surface area contributed by atoms with Crippen molar-refractivity contribution >= 4 is 24.4 Å². The largest absolute Gasteiger partial charge is 0.445 e. The summed E-state index contributed by atoms with van der Waals surface area (Å²) >= 11 is 4.18. The quantitative estimate of drug-likeness (QED) is 0.503. The molecule has 1 N–H and O–H groups in total. The second-order valence-electron chi connectivity index (χ2n) is 4.52. The number of non-ortho nitro benzene ring substituents is 1. The fourth-order valence-electron chi connectivity index (χ4n) is 1.70. The van der Waals surface area contributed by atoms with Gasteiger partial charge in [0, 0.05) is 23.6 Å². The first-order valence-electron chi connectivity index (χ1n) is 6.46. The molecule has 0 spiro atoms. The zero-order valence-electron chi connectivity index (χ0n) is 11.6. The van der Waals surface area contributed by atoms with Crippen molar-refractivity contribution in [2.24, 2.45) is 0 Å². The van der Waals surface area contributed by atoms with E-state index in [4.69, 9.17) is 4.74 Å². The number of benzene rings is 2. The summed E-state index contributed by atoms with van der Waals surface area (Å²) < 4.78 is 5.04. The average molecular weight is 318 g/mol. The summed E-state index contributed by atoms with van der Waals surface area (Å²) in [5.41, 5.74) is 1.62. The minimum absolute atomic E-state index is 0.000776. The van der Waals surface area contributed by atoms with E-state index in [1.165, 1.54) is 12.1 Å². The molecule has 0 radical (unpaired) electrons. The van der Waals surface area contributed by atoms with Crippen molar-refractivity contribution in [3.05, 3.63) is 69.8 Å². The SMILES string of the molecule is O=C(NCc1ccc(S)cc1)OCc1ccc([N+](=O)[O-])cc1. The number of carbonyl (C=O) groups is 1. The average Bonchev–Trinajstić information content (AvgIpc) is 2.52. The summed E-state index contributed by atoms with van der Waals surface area (Å²) in [5.74, 6) is 0. The molecule has 2 rings (SSSR count). The molecular weight excluding hydrogens is 304 g/mol. The van der Waals surface area contributed by atoms with Gasteiger partial charge in [0.15, 0.2) is 0 Å². The van der Waals surface area contributed by atoms with Crippen LogP contribution in [0.25, 0.3) is 0 Å². The highest BCUT2D eigenvalue weighted by Crippen LogP contribution is 2.12. The van der Waals surface area contributed by atoms with E-state index >= 15 is 0 Å². The van der Waals surface area contributed by atoms with Gasteiger partial charge in [0.1, 0.15) is 6.61 Å². The number of rotatable bonds is 5. The Labute approximate surface area is 132 Å². The summed E-state index contributed by atoms with van der Waals surface area (Å²) in [7, 11) is 0. The van der Waals surface area contributed by atoms with E-state index in [2.05, 4.69) is 17.9 Å². The van der Waals surface area contributed by atoms with Crippen molar-refractivity contribution in [2.45, 2.75) is 18.0 Å². The van der Waals surface area contributed by atoms with Crippen LogP contribution in [0.15, 0.2) is 53.4 Å². The number of thiol groups is 1. The number of hydrogen-bond donors (Lipinski definition) is 2. The molecule has 2 aromatic rings. The van der Waals surface area contributed by atoms with Crippen LogP contribution in [-0.4, -0.2) is 11.0 Å². The van der Waals surface area contributed by atoms with Crippen molar-refractivity contribution < 1.29 is 14.5 Å². The number of hydrogen-bond acceptors (Lipinski definition) is 5. The monoisotopic (exact) mass is 318 g/mol. The molecule has 0 saturated carbocycles. The number of carbonyl (C=O) groups excluding carboxylic acids is 1. The van der Waals surface area contributed by atoms with Gasteiger partial charge in [-0.1, -0.05) is 12.1 Å². The van der Waals surface area contributed by atoms with Gasteiger partial charge in [-0.15, -0.1) is 12.6 Å². The highest BCUT2D eigenvalue weighted by Gasteiger charge is 2.06. The normalized spacial score (nSPS) is 10.0. The Hall–Kier alpha value is -2.54. The molecule has 0 unspecified atom stereocenters. The summed E-state index contributed by atoms with van der Waals surface area (Å²) in [4.78, 5) is 22.5. The second kappa shape index (κ2) is 7.46. The van der Waals surface area contributed by atoms with Crippen molar-refractivity contribution in [1.29, 1.82) is 0 Å². The number of nitrogens with one attached hydrogen (secondary N) is 1. The van der Waals surface area contributed by atoms with Gasteiger partial charge in [0.05, 0.1) is 4.92 Å². The Balaban J connectivity index is 1.77. The number of ether oxygens (including phenoxy) is 1. The number of nitrogens with zero attached hydrogens (tertiary/aromatic N) is 1. The lowest BCUT2D eigenvalue weighted by Crippen LogP contribution is -2.23. The van der Waals surface area contributed by atoms with Gasteiger partial charge in [-0.05, 0) is 35.4 Å². The lowest BCUT2D eigenvalue weighted by Gasteiger charge is -2.07. The Morgan fingerprint density at radius 1 is 1.09 bits per heavy atom. The number of nitro groups is 1. The third kappa shape index (κ3) is 4.78. The molecule has 2 aromatic carbocycles. The van der Waals surface area contributed by atoms with E-state index in [1.54, 1.807) is 12.1 Å². The van der Waals surface area contributed by atoms with Crippen LogP contribution in [0.2, 0.25) is 0 Å². The van der Waals surface area contributed by atoms with E-state index in [9.17, 15) is 14.9 Å². The highest BCUT2D eigenvalue weighted by atomic mass is 32.1. The molecule has 0 aromatic heterocycles. The van der Waals surface area contributed by atoms with E-state index in [1.807, 2.05) is 24.3 Å². The van der Waals surface area contributed by atoms with Gasteiger partial charge in [-0.3, -0.25) is 10.1 Å². The van der Waals surface area contributed by atoms with Gasteiger partial charge in [0.25, 0.3) is 5.69 Å². The van der Waals surface area contributed by atoms with Crippen molar-refractivity contribution in [3.8, 4) is 0 Å². The Morgan fingerprint density at radius 3 is 2.27 bits per heavy atom. The van der Waals surface area contributed by atoms with Crippen LogP contribution in [0.5, 0.6) is 0 Å². The zero-order chi connectivity index (χ0) is 15.9. The standard InChI is InChI=1S/C15H14N2O4S/c18-15(16-9-11-3-7-14(22)8-4-11)21-10-12-1-5-13(6-2-12)17(19)20/h1-8,22H,9-10H2,(H,16,18). The van der Waals surface area contributed by atoms with Crippen LogP contribution in [0.3, 0.4) is 0 Å². The maximum absolute atomic E-state index is 11.6. The zero-order valence-corrected chi connectivity index (χ0v) is 12.5. The van der Waals surface area contributed by atoms with Gasteiger partial charge >= 0.3 is 6.09 Å². The molecule has 0 aliphatic carbocycles. The first-order chi connectivity index (χ1) is 10.5. The Morgan fingerprint density at radius 2 is 1.68 bits per heavy atom. The van der Waals surface area contributed by atoms with Crippen molar-refractivity contribution in [3.63, 3.8) is 0 Å². The Kier molecular flexibility index (Phi) is 5.37. The lowest BCUT2D eigenvalue weighted by atomic mass is 10.2. The van der Waals surface area contributed by atoms with Crippen LogP contribution in [0, 0.1) is 10.1 Å². The second-order valence-corrected chi connectivity index (χ2v) is 5.04. The molecule has 6 nitrogen and oxygen atoms in total. The first-order valence-corrected chi connectivity index (χ1v) is 6.91. The summed E-state index contributed by atoms with van der Waals surface area (Å²) in [6, 6.07) is 13.2. The maximum Gasteiger partial charge on any atom is 0.407 e. The van der Waals surface area contributed by atoms with E-state index < -0.39 is 11.0 Å². The third-order valence-corrected chi connectivity index (χ3v) is 3.19. The summed E-state index contributed by atoms with van der Waals surface area (Å²) in [5, 5.41) is 13.1. The van der Waals surface area contributed by atoms with Gasteiger partial charge < -0.3 is 10.1 Å². The molecule has 0 aliphatic rings. The van der Waals surface area contributed by atoms with Crippen LogP contribution in [0.4, 0.5) is 10.5 Å². The molecule has 22 heavy (non-hydrogen) atoms. The Bertz CT molecular complexity index is 656. The molecule has 0 aliphatic heterocycles. The van der Waals surface area contributed by atoms with Crippen molar-refractivity contribution in [2.75, 3.05) is 0 Å². The number of nitro benzene ring substituents is 1. The predicted octanol–water partition coefficient (Wildman–Crippen LogP) is 3.31. The van der Waals surface area contributed by atoms with E-state index in [-0.39, 0.29) is 12.3 Å². The molecule has 0 heterocycles. The fourth-order valence-corrected chi connectivity index (χ4v) is 1.85. The fraction of sp³-hybridized carbons (Fsp3) is 0.133. The molecule has 114 valence electrons. The number of amides is 1. The lowest BCUT2D eigenvalue weighted by molar-refractivity contribution is -0.384. The maximum atomic E-state index is 11.6. The van der Waals surface area contributed by atoms with Crippen LogP contribution in [-0.2, 0) is 17.9 Å². The van der Waals surface area contributed by atoms with Gasteiger partial charge in [-0.25, -0.2) is 4.79 Å². The predicted molar refractivity (Wildman–Crippen MR) is 83.8 cm³/mol. The number of alkyl carbamates (subject to hydrolysis) is 1. The molecule has 0 fully saturated rings. The molecular formula is C15H14N2O4S. The van der Waals surface area contributed by atoms with Crippen LogP contribution in [0.1, 0.15) is 11.1 Å². The minimum Gasteiger partial charge on any atom is -0.445 e. The van der Waals surface area contributed by atoms with Gasteiger partial charge in [-0.2, -0.15) is 0 Å². The third-order valence-electron chi connectivity index (χ3n) is 2.89. The molecule has 1 amide bonds. The van der Waals surface area contributed by atoms with Crippen molar-refractivity contribution in [1.82, 2.24) is 5.32 Å². The molecule has 0 saturated heterocycles. The van der Waals surface area contributed by atoms with Crippen LogP contribution >= 0.6 is 12.6 Å². The van der Waals surface area contributed by atoms with Crippen LogP contribution < -0.4 is 5.32 Å². The molecule has 0 bridgehead atoms. The van der Waals surface area contributed by atoms with E-state index in [0.717, 1.165) is 10.5 Å².